The topological polar surface area (TPSA) is 66.2 Å². The van der Waals surface area contributed by atoms with Gasteiger partial charge in [0.2, 0.25) is 0 Å². The minimum Gasteiger partial charge on any atom is -0.493 e. The molecule has 0 bridgehead atoms. The molecule has 0 radical (unpaired) electrons. The van der Waals surface area contributed by atoms with Crippen molar-refractivity contribution in [1.29, 1.82) is 0 Å². The van der Waals surface area contributed by atoms with Gasteiger partial charge in [0.05, 0.1) is 31.7 Å². The van der Waals surface area contributed by atoms with Gasteiger partial charge in [-0.2, -0.15) is 0 Å². The Bertz CT molecular complexity index is 1290. The molecule has 0 unspecified atom stereocenters. The second-order valence-corrected chi connectivity index (χ2v) is 8.10. The molecule has 158 valence electrons. The molecule has 0 fully saturated rings. The van der Waals surface area contributed by atoms with Crippen LogP contribution in [-0.2, 0) is 12.3 Å². The van der Waals surface area contributed by atoms with Crippen molar-refractivity contribution in [2.24, 2.45) is 0 Å². The summed E-state index contributed by atoms with van der Waals surface area (Å²) in [6.07, 6.45) is 1.67. The lowest BCUT2D eigenvalue weighted by Crippen LogP contribution is -2.24. The zero-order chi connectivity index (χ0) is 21.8. The maximum absolute atomic E-state index is 13.3. The summed E-state index contributed by atoms with van der Waals surface area (Å²) in [6, 6.07) is 16.7. The Labute approximate surface area is 188 Å². The van der Waals surface area contributed by atoms with E-state index < -0.39 is 0 Å². The predicted molar refractivity (Wildman–Crippen MR) is 123 cm³/mol. The van der Waals surface area contributed by atoms with Crippen LogP contribution in [0.4, 0.5) is 0 Å². The van der Waals surface area contributed by atoms with E-state index in [0.29, 0.717) is 45.0 Å². The maximum Gasteiger partial charge on any atom is 0.262 e. The standard InChI is InChI=1S/C23H20ClN3O3S/c1-29-19-8-7-15(11-20(19)30-2)13-27-22(28)17-5-3-4-6-18(17)26-23(27)31-14-16-9-10-25-21(24)12-16/h3-12H,13-14H2,1-2H3. The Kier molecular flexibility index (Phi) is 6.44. The summed E-state index contributed by atoms with van der Waals surface area (Å²) >= 11 is 7.49. The Morgan fingerprint density at radius 2 is 1.81 bits per heavy atom. The number of rotatable bonds is 7. The van der Waals surface area contributed by atoms with Crippen LogP contribution in [0.2, 0.25) is 5.15 Å². The first-order valence-electron chi connectivity index (χ1n) is 9.52. The number of nitrogens with zero attached hydrogens (tertiary/aromatic N) is 3. The molecule has 4 rings (SSSR count). The quantitative estimate of drug-likeness (QED) is 0.227. The van der Waals surface area contributed by atoms with E-state index in [2.05, 4.69) is 4.98 Å². The highest BCUT2D eigenvalue weighted by Gasteiger charge is 2.14. The van der Waals surface area contributed by atoms with Crippen molar-refractivity contribution in [3.05, 3.63) is 87.4 Å². The first-order valence-corrected chi connectivity index (χ1v) is 10.9. The number of fused-ring (bicyclic) bond motifs is 1. The monoisotopic (exact) mass is 453 g/mol. The average Bonchev–Trinajstić information content (AvgIpc) is 2.79. The van der Waals surface area contributed by atoms with Gasteiger partial charge in [-0.25, -0.2) is 9.97 Å². The molecular formula is C23H20ClN3O3S. The normalized spacial score (nSPS) is 10.9. The summed E-state index contributed by atoms with van der Waals surface area (Å²) < 4.78 is 12.4. The fourth-order valence-corrected chi connectivity index (χ4v) is 4.38. The Balaban J connectivity index is 1.74. The van der Waals surface area contributed by atoms with E-state index in [9.17, 15) is 4.79 Å². The van der Waals surface area contributed by atoms with Crippen LogP contribution in [-0.4, -0.2) is 28.8 Å². The summed E-state index contributed by atoms with van der Waals surface area (Å²) in [7, 11) is 3.18. The summed E-state index contributed by atoms with van der Waals surface area (Å²) in [4.78, 5) is 22.1. The molecule has 2 heterocycles. The zero-order valence-electron chi connectivity index (χ0n) is 17.0. The number of pyridine rings is 1. The second kappa shape index (κ2) is 9.41. The number of para-hydroxylation sites is 1. The van der Waals surface area contributed by atoms with Crippen LogP contribution in [0.15, 0.2) is 70.7 Å². The molecule has 0 spiro atoms. The third-order valence-electron chi connectivity index (χ3n) is 4.77. The summed E-state index contributed by atoms with van der Waals surface area (Å²) in [5.74, 6) is 1.86. The molecule has 0 amide bonds. The van der Waals surface area contributed by atoms with Crippen LogP contribution in [0, 0.1) is 0 Å². The van der Waals surface area contributed by atoms with Gasteiger partial charge in [-0.1, -0.05) is 41.6 Å². The lowest BCUT2D eigenvalue weighted by molar-refractivity contribution is 0.354. The van der Waals surface area contributed by atoms with Crippen LogP contribution in [0.3, 0.4) is 0 Å². The lowest BCUT2D eigenvalue weighted by Gasteiger charge is -2.15. The number of halogens is 1. The fraction of sp³-hybridized carbons (Fsp3) is 0.174. The molecule has 8 heteroatoms. The molecule has 0 atom stereocenters. The van der Waals surface area contributed by atoms with E-state index in [-0.39, 0.29) is 5.56 Å². The molecule has 31 heavy (non-hydrogen) atoms. The number of hydrogen-bond acceptors (Lipinski definition) is 6. The van der Waals surface area contributed by atoms with Crippen LogP contribution < -0.4 is 15.0 Å². The van der Waals surface area contributed by atoms with Gasteiger partial charge >= 0.3 is 0 Å². The number of aromatic nitrogens is 3. The summed E-state index contributed by atoms with van der Waals surface area (Å²) in [5.41, 5.74) is 2.50. The molecule has 0 saturated carbocycles. The van der Waals surface area contributed by atoms with E-state index in [4.69, 9.17) is 26.1 Å². The highest BCUT2D eigenvalue weighted by Crippen LogP contribution is 2.29. The Morgan fingerprint density at radius 1 is 1.00 bits per heavy atom. The molecule has 4 aromatic rings. The number of ether oxygens (including phenoxy) is 2. The van der Waals surface area contributed by atoms with Crippen LogP contribution in [0.5, 0.6) is 11.5 Å². The van der Waals surface area contributed by atoms with E-state index >= 15 is 0 Å². The van der Waals surface area contributed by atoms with Crippen molar-refractivity contribution in [2.45, 2.75) is 17.5 Å². The predicted octanol–water partition coefficient (Wildman–Crippen LogP) is 4.80. The zero-order valence-corrected chi connectivity index (χ0v) is 18.6. The molecule has 0 N–H and O–H groups in total. The van der Waals surface area contributed by atoms with Gasteiger partial charge in [0.1, 0.15) is 5.15 Å². The third kappa shape index (κ3) is 4.68. The fourth-order valence-electron chi connectivity index (χ4n) is 3.24. The highest BCUT2D eigenvalue weighted by atomic mass is 35.5. The lowest BCUT2D eigenvalue weighted by atomic mass is 10.2. The van der Waals surface area contributed by atoms with Gasteiger partial charge in [-0.15, -0.1) is 0 Å². The molecular weight excluding hydrogens is 434 g/mol. The number of hydrogen-bond donors (Lipinski definition) is 0. The van der Waals surface area contributed by atoms with Crippen LogP contribution in [0.1, 0.15) is 11.1 Å². The molecule has 6 nitrogen and oxygen atoms in total. The minimum absolute atomic E-state index is 0.0874. The van der Waals surface area contributed by atoms with Crippen molar-refractivity contribution in [3.63, 3.8) is 0 Å². The number of methoxy groups -OCH3 is 2. The Hall–Kier alpha value is -3.03. The van der Waals surface area contributed by atoms with Crippen molar-refractivity contribution < 1.29 is 9.47 Å². The maximum atomic E-state index is 13.3. The first-order chi connectivity index (χ1) is 15.1. The van der Waals surface area contributed by atoms with Gasteiger partial charge in [-0.3, -0.25) is 9.36 Å². The molecule has 0 aliphatic heterocycles. The van der Waals surface area contributed by atoms with Gasteiger partial charge in [0, 0.05) is 11.9 Å². The SMILES string of the molecule is COc1ccc(Cn2c(SCc3ccnc(Cl)c3)nc3ccccc3c2=O)cc1OC. The van der Waals surface area contributed by atoms with Gasteiger partial charge in [0.15, 0.2) is 16.7 Å². The smallest absolute Gasteiger partial charge is 0.262 e. The summed E-state index contributed by atoms with van der Waals surface area (Å²) in [6.45, 7) is 0.358. The number of benzene rings is 2. The highest BCUT2D eigenvalue weighted by molar-refractivity contribution is 7.98. The molecule has 0 aliphatic rings. The van der Waals surface area contributed by atoms with Crippen molar-refractivity contribution in [2.75, 3.05) is 14.2 Å². The van der Waals surface area contributed by atoms with E-state index in [1.54, 1.807) is 31.0 Å². The van der Waals surface area contributed by atoms with Crippen molar-refractivity contribution in [3.8, 4) is 11.5 Å². The van der Waals surface area contributed by atoms with Crippen LogP contribution >= 0.6 is 23.4 Å². The van der Waals surface area contributed by atoms with Gasteiger partial charge in [-0.05, 0) is 47.5 Å². The number of thioether (sulfide) groups is 1. The van der Waals surface area contributed by atoms with Crippen LogP contribution in [0.25, 0.3) is 10.9 Å². The largest absolute Gasteiger partial charge is 0.493 e. The van der Waals surface area contributed by atoms with E-state index in [1.807, 2.05) is 48.5 Å². The molecule has 2 aromatic carbocycles. The Morgan fingerprint density at radius 3 is 2.58 bits per heavy atom. The van der Waals surface area contributed by atoms with Crippen molar-refractivity contribution in [1.82, 2.24) is 14.5 Å². The first kappa shape index (κ1) is 21.2. The second-order valence-electron chi connectivity index (χ2n) is 6.77. The molecule has 0 saturated heterocycles. The molecule has 2 aromatic heterocycles. The molecule has 0 aliphatic carbocycles. The van der Waals surface area contributed by atoms with E-state index in [1.165, 1.54) is 11.8 Å². The van der Waals surface area contributed by atoms with Gasteiger partial charge in [0.25, 0.3) is 5.56 Å². The average molecular weight is 454 g/mol. The van der Waals surface area contributed by atoms with E-state index in [0.717, 1.165) is 11.1 Å². The third-order valence-corrected chi connectivity index (χ3v) is 6.03. The summed E-state index contributed by atoms with van der Waals surface area (Å²) in [5, 5.41) is 1.65. The van der Waals surface area contributed by atoms with Crippen molar-refractivity contribution >= 4 is 34.3 Å². The van der Waals surface area contributed by atoms with Gasteiger partial charge < -0.3 is 9.47 Å². The minimum atomic E-state index is -0.0874.